The van der Waals surface area contributed by atoms with Crippen LogP contribution in [-0.4, -0.2) is 54.4 Å². The highest BCUT2D eigenvalue weighted by Gasteiger charge is 2.46. The molecule has 28 heavy (non-hydrogen) atoms. The minimum Gasteiger partial charge on any atom is -0.496 e. The van der Waals surface area contributed by atoms with Gasteiger partial charge in [0.25, 0.3) is 5.91 Å². The number of rotatable bonds is 3. The summed E-state index contributed by atoms with van der Waals surface area (Å²) >= 11 is 0. The maximum Gasteiger partial charge on any atom is 0.257 e. The van der Waals surface area contributed by atoms with Crippen LogP contribution in [0, 0.1) is 5.41 Å². The van der Waals surface area contributed by atoms with E-state index < -0.39 is 0 Å². The number of likely N-dealkylation sites (tertiary alicyclic amines) is 2. The van der Waals surface area contributed by atoms with Crippen molar-refractivity contribution in [3.63, 3.8) is 0 Å². The van der Waals surface area contributed by atoms with Gasteiger partial charge < -0.3 is 14.5 Å². The Balaban J connectivity index is 1.38. The quantitative estimate of drug-likeness (QED) is 0.807. The second-order valence-electron chi connectivity index (χ2n) is 9.26. The maximum absolute atomic E-state index is 13.5. The molecule has 2 saturated heterocycles. The number of carbonyl (C=O) groups excluding carboxylic acids is 2. The van der Waals surface area contributed by atoms with Crippen LogP contribution in [-0.2, 0) is 17.6 Å². The normalized spacial score (nSPS) is 27.2. The van der Waals surface area contributed by atoms with Crippen molar-refractivity contribution in [3.05, 3.63) is 28.8 Å². The van der Waals surface area contributed by atoms with Crippen LogP contribution in [0.5, 0.6) is 5.75 Å². The molecule has 1 saturated carbocycles. The number of nitrogens with zero attached hydrogens (tertiary/aromatic N) is 2. The van der Waals surface area contributed by atoms with E-state index in [0.717, 1.165) is 71.0 Å². The van der Waals surface area contributed by atoms with Gasteiger partial charge in [0.2, 0.25) is 5.91 Å². The van der Waals surface area contributed by atoms with Gasteiger partial charge in [-0.05, 0) is 74.6 Å². The predicted molar refractivity (Wildman–Crippen MR) is 107 cm³/mol. The van der Waals surface area contributed by atoms with E-state index in [1.54, 1.807) is 7.11 Å². The van der Waals surface area contributed by atoms with Crippen molar-refractivity contribution in [2.45, 2.75) is 63.8 Å². The van der Waals surface area contributed by atoms with Gasteiger partial charge in [-0.3, -0.25) is 9.59 Å². The van der Waals surface area contributed by atoms with E-state index in [-0.39, 0.29) is 11.3 Å². The zero-order chi connectivity index (χ0) is 19.3. The summed E-state index contributed by atoms with van der Waals surface area (Å²) < 4.78 is 5.59. The number of amides is 2. The Morgan fingerprint density at radius 1 is 1.07 bits per heavy atom. The zero-order valence-corrected chi connectivity index (χ0v) is 16.8. The Morgan fingerprint density at radius 3 is 2.61 bits per heavy atom. The van der Waals surface area contributed by atoms with Crippen molar-refractivity contribution in [1.29, 1.82) is 0 Å². The van der Waals surface area contributed by atoms with Crippen molar-refractivity contribution in [2.24, 2.45) is 5.41 Å². The fourth-order valence-corrected chi connectivity index (χ4v) is 5.59. The highest BCUT2D eigenvalue weighted by molar-refractivity contribution is 5.97. The molecule has 1 atom stereocenters. The van der Waals surface area contributed by atoms with E-state index in [2.05, 4.69) is 17.0 Å². The van der Waals surface area contributed by atoms with Crippen molar-refractivity contribution in [3.8, 4) is 5.75 Å². The number of piperidine rings is 2. The van der Waals surface area contributed by atoms with Gasteiger partial charge in [-0.1, -0.05) is 0 Å². The van der Waals surface area contributed by atoms with Gasteiger partial charge in [-0.2, -0.15) is 0 Å². The molecule has 0 aromatic heterocycles. The van der Waals surface area contributed by atoms with E-state index in [9.17, 15) is 9.59 Å². The monoisotopic (exact) mass is 382 g/mol. The molecule has 0 unspecified atom stereocenters. The van der Waals surface area contributed by atoms with Crippen LogP contribution in [0.25, 0.3) is 0 Å². The first-order valence-electron chi connectivity index (χ1n) is 10.9. The standard InChI is InChI=1S/C23H30N2O3/c1-28-20-13-17-5-2-4-16(17)12-19(20)22(27)24-11-3-9-23(14-24)10-8-21(26)25(15-23)18-6-7-18/h12-13,18H,2-11,14-15H2,1H3/t23-/m0/s1. The third-order valence-electron chi connectivity index (χ3n) is 7.28. The summed E-state index contributed by atoms with van der Waals surface area (Å²) in [5, 5.41) is 0. The highest BCUT2D eigenvalue weighted by Crippen LogP contribution is 2.43. The molecule has 0 radical (unpaired) electrons. The fourth-order valence-electron chi connectivity index (χ4n) is 5.59. The molecule has 5 heteroatoms. The minimum absolute atomic E-state index is 0.0778. The van der Waals surface area contributed by atoms with E-state index in [0.29, 0.717) is 29.7 Å². The van der Waals surface area contributed by atoms with E-state index in [1.807, 2.05) is 4.90 Å². The van der Waals surface area contributed by atoms with Crippen molar-refractivity contribution in [1.82, 2.24) is 9.80 Å². The van der Waals surface area contributed by atoms with Crippen LogP contribution in [0.1, 0.15) is 66.4 Å². The lowest BCUT2D eigenvalue weighted by Gasteiger charge is -2.48. The summed E-state index contributed by atoms with van der Waals surface area (Å²) in [6, 6.07) is 4.61. The third kappa shape index (κ3) is 3.09. The summed E-state index contributed by atoms with van der Waals surface area (Å²) in [5.41, 5.74) is 3.42. The first-order chi connectivity index (χ1) is 13.6. The van der Waals surface area contributed by atoms with Gasteiger partial charge in [0, 0.05) is 37.5 Å². The number of benzene rings is 1. The molecule has 1 aromatic rings. The van der Waals surface area contributed by atoms with Crippen molar-refractivity contribution < 1.29 is 14.3 Å². The lowest BCUT2D eigenvalue weighted by atomic mass is 9.73. The SMILES string of the molecule is COc1cc2c(cc1C(=O)N1CCC[C@]3(CCC(=O)N(C4CC4)C3)C1)CCC2. The summed E-state index contributed by atoms with van der Waals surface area (Å²) in [7, 11) is 1.66. The van der Waals surface area contributed by atoms with Gasteiger partial charge in [0.1, 0.15) is 5.75 Å². The van der Waals surface area contributed by atoms with Crippen LogP contribution in [0.4, 0.5) is 0 Å². The van der Waals surface area contributed by atoms with Crippen LogP contribution in [0.2, 0.25) is 0 Å². The Hall–Kier alpha value is -2.04. The van der Waals surface area contributed by atoms with Crippen molar-refractivity contribution in [2.75, 3.05) is 26.7 Å². The molecule has 1 aromatic carbocycles. The molecule has 1 spiro atoms. The molecular formula is C23H30N2O3. The van der Waals surface area contributed by atoms with Gasteiger partial charge in [0.15, 0.2) is 0 Å². The summed E-state index contributed by atoms with van der Waals surface area (Å²) in [4.78, 5) is 30.0. The molecule has 4 aliphatic rings. The van der Waals surface area contributed by atoms with Crippen molar-refractivity contribution >= 4 is 11.8 Å². The lowest BCUT2D eigenvalue weighted by Crippen LogP contribution is -2.55. The second-order valence-corrected chi connectivity index (χ2v) is 9.26. The summed E-state index contributed by atoms with van der Waals surface area (Å²) in [6.07, 6.45) is 9.29. The van der Waals surface area contributed by atoms with E-state index in [4.69, 9.17) is 4.74 Å². The molecule has 0 N–H and O–H groups in total. The smallest absolute Gasteiger partial charge is 0.257 e. The number of ether oxygens (including phenoxy) is 1. The number of methoxy groups -OCH3 is 1. The predicted octanol–water partition coefficient (Wildman–Crippen LogP) is 3.19. The average molecular weight is 383 g/mol. The van der Waals surface area contributed by atoms with Crippen LogP contribution < -0.4 is 4.74 Å². The molecule has 2 aliphatic heterocycles. The van der Waals surface area contributed by atoms with Gasteiger partial charge >= 0.3 is 0 Å². The minimum atomic E-state index is 0.0778. The van der Waals surface area contributed by atoms with E-state index in [1.165, 1.54) is 11.1 Å². The third-order valence-corrected chi connectivity index (χ3v) is 7.28. The first kappa shape index (κ1) is 18.0. The van der Waals surface area contributed by atoms with Crippen LogP contribution >= 0.6 is 0 Å². The largest absolute Gasteiger partial charge is 0.496 e. The van der Waals surface area contributed by atoms with Crippen LogP contribution in [0.15, 0.2) is 12.1 Å². The van der Waals surface area contributed by atoms with Gasteiger partial charge in [0.05, 0.1) is 12.7 Å². The molecule has 0 bridgehead atoms. The van der Waals surface area contributed by atoms with Gasteiger partial charge in [-0.25, -0.2) is 0 Å². The molecule has 150 valence electrons. The topological polar surface area (TPSA) is 49.9 Å². The summed E-state index contributed by atoms with van der Waals surface area (Å²) in [6.45, 7) is 2.41. The molecule has 5 rings (SSSR count). The number of hydrogen-bond donors (Lipinski definition) is 0. The molecule has 5 nitrogen and oxygen atoms in total. The number of fused-ring (bicyclic) bond motifs is 1. The Bertz CT molecular complexity index is 816. The highest BCUT2D eigenvalue weighted by atomic mass is 16.5. The Kier molecular flexibility index (Phi) is 4.37. The molecule has 3 fully saturated rings. The molecule has 2 aliphatic carbocycles. The summed E-state index contributed by atoms with van der Waals surface area (Å²) in [5.74, 6) is 1.13. The average Bonchev–Trinajstić information content (AvgIpc) is 3.46. The number of aryl methyl sites for hydroxylation is 2. The zero-order valence-electron chi connectivity index (χ0n) is 16.8. The number of hydrogen-bond acceptors (Lipinski definition) is 3. The fraction of sp³-hybridized carbons (Fsp3) is 0.652. The number of carbonyl (C=O) groups is 2. The lowest BCUT2D eigenvalue weighted by molar-refractivity contribution is -0.139. The molecular weight excluding hydrogens is 352 g/mol. The second kappa shape index (κ2) is 6.78. The van der Waals surface area contributed by atoms with Crippen LogP contribution in [0.3, 0.4) is 0 Å². The Labute approximate surface area is 167 Å². The molecule has 2 amide bonds. The van der Waals surface area contributed by atoms with E-state index >= 15 is 0 Å². The Morgan fingerprint density at radius 2 is 1.86 bits per heavy atom. The maximum atomic E-state index is 13.5. The first-order valence-corrected chi connectivity index (χ1v) is 10.9. The van der Waals surface area contributed by atoms with Gasteiger partial charge in [-0.15, -0.1) is 0 Å². The molecule has 2 heterocycles.